The molecule has 138 valence electrons. The van der Waals surface area contributed by atoms with Crippen LogP contribution in [0.1, 0.15) is 96.8 Å². The summed E-state index contributed by atoms with van der Waals surface area (Å²) in [5.41, 5.74) is 0. The van der Waals surface area contributed by atoms with Crippen LogP contribution in [0.4, 0.5) is 0 Å². The first-order valence-electron chi connectivity index (χ1n) is 9.41. The van der Waals surface area contributed by atoms with Crippen molar-refractivity contribution in [2.45, 2.75) is 96.8 Å². The van der Waals surface area contributed by atoms with E-state index in [1.54, 1.807) is 0 Å². The Morgan fingerprint density at radius 3 is 1.65 bits per heavy atom. The first kappa shape index (κ1) is 23.6. The van der Waals surface area contributed by atoms with Gasteiger partial charge in [0.2, 0.25) is 0 Å². The lowest BCUT2D eigenvalue weighted by molar-refractivity contribution is 0.322. The van der Waals surface area contributed by atoms with Crippen LogP contribution in [0, 0.1) is 0 Å². The molecule has 0 saturated heterocycles. The molecule has 0 heterocycles. The zero-order chi connectivity index (χ0) is 17.2. The standard InChI is InChI=1S/C18H37O2PS2/c1-2-3-4-5-6-7-8-9-10-11-12-13-14-15-16-17-18-20-21(19,22)23/h9-10H,2-8,11-18H2,1H3,(H2,19,22,23)/b10-9-. The molecule has 0 atom stereocenters. The summed E-state index contributed by atoms with van der Waals surface area (Å²) in [6.45, 7) is 2.77. The Balaban J connectivity index is 3.12. The molecule has 0 unspecified atom stereocenters. The second kappa shape index (κ2) is 17.5. The highest BCUT2D eigenvalue weighted by atomic mass is 33.1. The zero-order valence-electron chi connectivity index (χ0n) is 14.9. The van der Waals surface area contributed by atoms with Crippen LogP contribution in [0.2, 0.25) is 0 Å². The van der Waals surface area contributed by atoms with E-state index in [0.29, 0.717) is 6.61 Å². The molecule has 0 aromatic heterocycles. The summed E-state index contributed by atoms with van der Waals surface area (Å²) in [7, 11) is 0. The average molecular weight is 381 g/mol. The second-order valence-electron chi connectivity index (χ2n) is 6.26. The second-order valence-corrected chi connectivity index (χ2v) is 11.6. The van der Waals surface area contributed by atoms with E-state index in [0.717, 1.165) is 12.8 Å². The van der Waals surface area contributed by atoms with Gasteiger partial charge >= 0.3 is 5.77 Å². The minimum Gasteiger partial charge on any atom is -0.314 e. The predicted molar refractivity (Wildman–Crippen MR) is 111 cm³/mol. The maximum atomic E-state index is 11.1. The Morgan fingerprint density at radius 1 is 0.739 bits per heavy atom. The highest BCUT2D eigenvalue weighted by Gasteiger charge is 2.08. The quantitative estimate of drug-likeness (QED) is 0.116. The molecule has 0 amide bonds. The smallest absolute Gasteiger partial charge is 0.307 e. The normalized spacial score (nSPS) is 12.3. The van der Waals surface area contributed by atoms with Gasteiger partial charge in [-0.3, -0.25) is 4.57 Å². The fourth-order valence-corrected chi connectivity index (χ4v) is 3.39. The Morgan fingerprint density at radius 2 is 1.17 bits per heavy atom. The van der Waals surface area contributed by atoms with Gasteiger partial charge in [-0.15, -0.1) is 0 Å². The summed E-state index contributed by atoms with van der Waals surface area (Å²) in [4.78, 5) is 0. The lowest BCUT2D eigenvalue weighted by atomic mass is 10.1. The van der Waals surface area contributed by atoms with Gasteiger partial charge in [0.1, 0.15) is 0 Å². The van der Waals surface area contributed by atoms with Crippen molar-refractivity contribution in [3.8, 4) is 0 Å². The number of rotatable bonds is 17. The number of unbranched alkanes of at least 4 members (excludes halogenated alkanes) is 12. The van der Waals surface area contributed by atoms with E-state index < -0.39 is 5.77 Å². The molecule has 0 aliphatic rings. The number of hydrogen-bond donors (Lipinski definition) is 2. The van der Waals surface area contributed by atoms with Crippen molar-refractivity contribution in [1.82, 2.24) is 0 Å². The van der Waals surface area contributed by atoms with Gasteiger partial charge in [0.05, 0.1) is 6.61 Å². The van der Waals surface area contributed by atoms with E-state index in [1.807, 2.05) is 0 Å². The van der Waals surface area contributed by atoms with Gasteiger partial charge < -0.3 is 4.52 Å². The molecule has 0 saturated carbocycles. The molecule has 0 aromatic rings. The molecule has 0 aliphatic carbocycles. The number of hydrogen-bond acceptors (Lipinski definition) is 2. The molecule has 0 radical (unpaired) electrons. The fraction of sp³-hybridized carbons (Fsp3) is 0.889. The third kappa shape index (κ3) is 22.6. The first-order chi connectivity index (χ1) is 11.1. The van der Waals surface area contributed by atoms with E-state index in [9.17, 15) is 4.57 Å². The van der Waals surface area contributed by atoms with Gasteiger partial charge in [0.15, 0.2) is 0 Å². The highest BCUT2D eigenvalue weighted by molar-refractivity contribution is 8.79. The zero-order valence-corrected chi connectivity index (χ0v) is 17.6. The van der Waals surface area contributed by atoms with Crippen molar-refractivity contribution in [2.24, 2.45) is 0 Å². The maximum Gasteiger partial charge on any atom is 0.307 e. The Bertz CT molecular complexity index is 316. The topological polar surface area (TPSA) is 26.3 Å². The lowest BCUT2D eigenvalue weighted by Gasteiger charge is -2.05. The van der Waals surface area contributed by atoms with Gasteiger partial charge in [0, 0.05) is 0 Å². The van der Waals surface area contributed by atoms with Crippen LogP contribution in [-0.4, -0.2) is 6.61 Å². The van der Waals surface area contributed by atoms with Crippen molar-refractivity contribution >= 4 is 30.3 Å². The first-order valence-corrected chi connectivity index (χ1v) is 13.3. The SMILES string of the molecule is CCCCCCCC/C=C\CCCCCCCCOP(=O)(S)S. The van der Waals surface area contributed by atoms with E-state index in [1.165, 1.54) is 77.0 Å². The minimum atomic E-state index is -2.87. The van der Waals surface area contributed by atoms with Crippen molar-refractivity contribution < 1.29 is 9.09 Å². The van der Waals surface area contributed by atoms with Crippen LogP contribution in [0.5, 0.6) is 0 Å². The van der Waals surface area contributed by atoms with E-state index in [-0.39, 0.29) is 0 Å². The van der Waals surface area contributed by atoms with Gasteiger partial charge in [0.25, 0.3) is 0 Å². The van der Waals surface area contributed by atoms with Crippen molar-refractivity contribution in [2.75, 3.05) is 6.61 Å². The van der Waals surface area contributed by atoms with Crippen molar-refractivity contribution in [3.05, 3.63) is 12.2 Å². The van der Waals surface area contributed by atoms with E-state index in [2.05, 4.69) is 43.6 Å². The van der Waals surface area contributed by atoms with Crippen LogP contribution in [0.15, 0.2) is 12.2 Å². The molecule has 0 rings (SSSR count). The Kier molecular flexibility index (Phi) is 17.9. The molecule has 0 bridgehead atoms. The van der Waals surface area contributed by atoms with Crippen LogP contribution in [0.3, 0.4) is 0 Å². The largest absolute Gasteiger partial charge is 0.314 e. The molecule has 23 heavy (non-hydrogen) atoms. The number of allylic oxidation sites excluding steroid dienone is 2. The average Bonchev–Trinajstić information content (AvgIpc) is 2.49. The van der Waals surface area contributed by atoms with Crippen molar-refractivity contribution in [3.63, 3.8) is 0 Å². The van der Waals surface area contributed by atoms with Gasteiger partial charge in [-0.1, -0.05) is 101 Å². The predicted octanol–water partition coefficient (Wildman–Crippen LogP) is 8.01. The van der Waals surface area contributed by atoms with Crippen LogP contribution in [0.25, 0.3) is 0 Å². The summed E-state index contributed by atoms with van der Waals surface area (Å²) in [5, 5.41) is 0. The summed E-state index contributed by atoms with van der Waals surface area (Å²) in [5.74, 6) is -2.87. The fourth-order valence-electron chi connectivity index (χ4n) is 2.53. The number of thiol groups is 2. The Labute approximate surface area is 155 Å². The molecular formula is C18H37O2PS2. The Hall–Kier alpha value is 0.630. The van der Waals surface area contributed by atoms with Crippen LogP contribution in [-0.2, 0) is 9.09 Å². The summed E-state index contributed by atoms with van der Waals surface area (Å²) in [6.07, 6.45) is 22.7. The molecule has 0 N–H and O–H groups in total. The maximum absolute atomic E-state index is 11.1. The third-order valence-corrected chi connectivity index (χ3v) is 5.13. The highest BCUT2D eigenvalue weighted by Crippen LogP contribution is 2.56. The molecule has 5 heteroatoms. The molecule has 0 fully saturated rings. The molecule has 0 aliphatic heterocycles. The van der Waals surface area contributed by atoms with E-state index in [4.69, 9.17) is 4.52 Å². The molecule has 2 nitrogen and oxygen atoms in total. The minimum absolute atomic E-state index is 0.505. The van der Waals surface area contributed by atoms with Gasteiger partial charge in [-0.05, 0) is 32.1 Å². The summed E-state index contributed by atoms with van der Waals surface area (Å²) < 4.78 is 16.1. The third-order valence-electron chi connectivity index (χ3n) is 3.92. The molecule has 0 spiro atoms. The molecule has 0 aromatic carbocycles. The van der Waals surface area contributed by atoms with E-state index >= 15 is 0 Å². The summed E-state index contributed by atoms with van der Waals surface area (Å²) in [6, 6.07) is 0. The molecular weight excluding hydrogens is 343 g/mol. The van der Waals surface area contributed by atoms with Gasteiger partial charge in [-0.2, -0.15) is 0 Å². The van der Waals surface area contributed by atoms with Gasteiger partial charge in [-0.25, -0.2) is 0 Å². The summed E-state index contributed by atoms with van der Waals surface area (Å²) >= 11 is 7.55. The lowest BCUT2D eigenvalue weighted by Crippen LogP contribution is -1.88. The van der Waals surface area contributed by atoms with Crippen molar-refractivity contribution in [1.29, 1.82) is 0 Å². The van der Waals surface area contributed by atoms with Crippen LogP contribution < -0.4 is 0 Å². The monoisotopic (exact) mass is 380 g/mol. The van der Waals surface area contributed by atoms with Crippen LogP contribution >= 0.6 is 30.3 Å².